The van der Waals surface area contributed by atoms with E-state index >= 15 is 0 Å². The fraction of sp³-hybridized carbons (Fsp3) is 0.111. The Bertz CT molecular complexity index is 979. The van der Waals surface area contributed by atoms with E-state index in [4.69, 9.17) is 17.3 Å². The highest BCUT2D eigenvalue weighted by Gasteiger charge is 2.35. The van der Waals surface area contributed by atoms with Crippen LogP contribution in [-0.4, -0.2) is 9.97 Å². The van der Waals surface area contributed by atoms with E-state index in [-0.39, 0.29) is 16.3 Å². The third-order valence-electron chi connectivity index (χ3n) is 3.67. The molecule has 2 heterocycles. The summed E-state index contributed by atoms with van der Waals surface area (Å²) in [7, 11) is 0. The molecular formula is C18H14ClF3N4S. The van der Waals surface area contributed by atoms with Gasteiger partial charge in [0.05, 0.1) is 16.3 Å². The average Bonchev–Trinajstić information content (AvgIpc) is 2.60. The highest BCUT2D eigenvalue weighted by molar-refractivity contribution is 8.00. The zero-order chi connectivity index (χ0) is 19.6. The predicted octanol–water partition coefficient (Wildman–Crippen LogP) is 5.83. The third-order valence-corrected chi connectivity index (χ3v) is 4.72. The standard InChI is InChI=1S/C18H14ClF3N4S/c1-10-4-2-5-11(18(20,21)22)16(10)17-12(19)8-9-14(25-17)26-27-15-7-3-6-13(23)24-15/h2-9H,1H3,(H2,23,24)(H,25,26). The number of aryl methyl sites for hydroxylation is 1. The molecule has 0 amide bonds. The molecule has 0 aliphatic carbocycles. The van der Waals surface area contributed by atoms with Crippen molar-refractivity contribution in [1.29, 1.82) is 0 Å². The minimum absolute atomic E-state index is 0.0364. The fourth-order valence-corrected chi connectivity index (χ4v) is 3.31. The van der Waals surface area contributed by atoms with Crippen molar-refractivity contribution in [3.05, 3.63) is 64.7 Å². The molecule has 0 fully saturated rings. The summed E-state index contributed by atoms with van der Waals surface area (Å²) in [5.74, 6) is 0.710. The molecule has 2 aromatic heterocycles. The van der Waals surface area contributed by atoms with Gasteiger partial charge in [-0.25, -0.2) is 9.97 Å². The van der Waals surface area contributed by atoms with Gasteiger partial charge in [-0.15, -0.1) is 0 Å². The number of halogens is 4. The first-order chi connectivity index (χ1) is 12.8. The lowest BCUT2D eigenvalue weighted by atomic mass is 9.98. The van der Waals surface area contributed by atoms with Gasteiger partial charge in [0.2, 0.25) is 0 Å². The molecule has 3 N–H and O–H groups in total. The van der Waals surface area contributed by atoms with Gasteiger partial charge in [0.25, 0.3) is 0 Å². The van der Waals surface area contributed by atoms with Gasteiger partial charge in [0.1, 0.15) is 16.7 Å². The van der Waals surface area contributed by atoms with Gasteiger partial charge < -0.3 is 10.5 Å². The second-order valence-electron chi connectivity index (χ2n) is 5.63. The molecule has 0 saturated heterocycles. The molecule has 0 atom stereocenters. The van der Waals surface area contributed by atoms with E-state index in [1.807, 2.05) is 0 Å². The number of aromatic nitrogens is 2. The number of nitrogens with one attached hydrogen (secondary N) is 1. The molecule has 9 heteroatoms. The Labute approximate surface area is 163 Å². The molecule has 4 nitrogen and oxygen atoms in total. The highest BCUT2D eigenvalue weighted by Crippen LogP contribution is 2.40. The second-order valence-corrected chi connectivity index (χ2v) is 6.86. The summed E-state index contributed by atoms with van der Waals surface area (Å²) in [5, 5.41) is 0.729. The zero-order valence-electron chi connectivity index (χ0n) is 14.0. The Morgan fingerprint density at radius 3 is 2.48 bits per heavy atom. The van der Waals surface area contributed by atoms with Crippen LogP contribution in [0.4, 0.5) is 24.8 Å². The Kier molecular flexibility index (Phi) is 5.48. The largest absolute Gasteiger partial charge is 0.417 e. The second kappa shape index (κ2) is 7.66. The van der Waals surface area contributed by atoms with E-state index in [9.17, 15) is 13.2 Å². The van der Waals surface area contributed by atoms with E-state index < -0.39 is 11.7 Å². The van der Waals surface area contributed by atoms with E-state index in [1.54, 1.807) is 37.3 Å². The maximum absolute atomic E-state index is 13.4. The summed E-state index contributed by atoms with van der Waals surface area (Å²) in [6.45, 7) is 1.59. The van der Waals surface area contributed by atoms with E-state index in [0.29, 0.717) is 22.2 Å². The molecule has 27 heavy (non-hydrogen) atoms. The molecule has 0 bridgehead atoms. The smallest absolute Gasteiger partial charge is 0.384 e. The van der Waals surface area contributed by atoms with Gasteiger partial charge in [-0.3, -0.25) is 0 Å². The van der Waals surface area contributed by atoms with E-state index in [0.717, 1.165) is 18.0 Å². The van der Waals surface area contributed by atoms with Crippen molar-refractivity contribution >= 4 is 35.2 Å². The van der Waals surface area contributed by atoms with E-state index in [2.05, 4.69) is 14.7 Å². The monoisotopic (exact) mass is 410 g/mol. The fourth-order valence-electron chi connectivity index (χ4n) is 2.48. The number of anilines is 2. The summed E-state index contributed by atoms with van der Waals surface area (Å²) >= 11 is 7.31. The molecular weight excluding hydrogens is 397 g/mol. The Balaban J connectivity index is 1.97. The molecule has 0 radical (unpaired) electrons. The SMILES string of the molecule is Cc1cccc(C(F)(F)F)c1-c1nc(NSc2cccc(N)n2)ccc1Cl. The lowest BCUT2D eigenvalue weighted by Gasteiger charge is -2.16. The zero-order valence-corrected chi connectivity index (χ0v) is 15.6. The first-order valence-corrected chi connectivity index (χ1v) is 8.94. The van der Waals surface area contributed by atoms with Crippen LogP contribution in [0.25, 0.3) is 11.3 Å². The van der Waals surface area contributed by atoms with Crippen molar-refractivity contribution in [2.75, 3.05) is 10.5 Å². The van der Waals surface area contributed by atoms with Crippen LogP contribution in [0.3, 0.4) is 0 Å². The number of nitrogens with two attached hydrogens (primary N) is 1. The van der Waals surface area contributed by atoms with Crippen molar-refractivity contribution in [2.24, 2.45) is 0 Å². The van der Waals surface area contributed by atoms with Crippen LogP contribution in [0.15, 0.2) is 53.6 Å². The van der Waals surface area contributed by atoms with Crippen LogP contribution >= 0.6 is 23.5 Å². The maximum atomic E-state index is 13.4. The summed E-state index contributed by atoms with van der Waals surface area (Å²) in [5.41, 5.74) is 5.31. The van der Waals surface area contributed by atoms with Gasteiger partial charge in [-0.2, -0.15) is 13.2 Å². The number of hydrogen-bond acceptors (Lipinski definition) is 5. The van der Waals surface area contributed by atoms with Gasteiger partial charge in [0, 0.05) is 17.5 Å². The van der Waals surface area contributed by atoms with Crippen molar-refractivity contribution in [3.8, 4) is 11.3 Å². The summed E-state index contributed by atoms with van der Waals surface area (Å²) in [4.78, 5) is 8.41. The summed E-state index contributed by atoms with van der Waals surface area (Å²) < 4.78 is 43.3. The molecule has 140 valence electrons. The van der Waals surface area contributed by atoms with Crippen molar-refractivity contribution in [1.82, 2.24) is 9.97 Å². The summed E-state index contributed by atoms with van der Waals surface area (Å²) in [6.07, 6.45) is -4.52. The maximum Gasteiger partial charge on any atom is 0.417 e. The van der Waals surface area contributed by atoms with Crippen LogP contribution in [0.2, 0.25) is 5.02 Å². The number of rotatable bonds is 4. The van der Waals surface area contributed by atoms with Crippen molar-refractivity contribution < 1.29 is 13.2 Å². The van der Waals surface area contributed by atoms with Crippen molar-refractivity contribution in [2.45, 2.75) is 18.1 Å². The average molecular weight is 411 g/mol. The first kappa shape index (κ1) is 19.3. The van der Waals surface area contributed by atoms with E-state index in [1.165, 1.54) is 12.1 Å². The Hall–Kier alpha value is -2.45. The topological polar surface area (TPSA) is 63.8 Å². The summed E-state index contributed by atoms with van der Waals surface area (Å²) in [6, 6.07) is 12.2. The molecule has 0 spiro atoms. The van der Waals surface area contributed by atoms with Gasteiger partial charge in [-0.05, 0) is 42.8 Å². The van der Waals surface area contributed by atoms with Crippen LogP contribution in [0.5, 0.6) is 0 Å². The molecule has 3 rings (SSSR count). The quantitative estimate of drug-likeness (QED) is 0.530. The minimum atomic E-state index is -4.52. The molecule has 0 aliphatic heterocycles. The van der Waals surface area contributed by atoms with Crippen molar-refractivity contribution in [3.63, 3.8) is 0 Å². The Morgan fingerprint density at radius 2 is 1.78 bits per heavy atom. The van der Waals surface area contributed by atoms with Gasteiger partial charge >= 0.3 is 6.18 Å². The molecule has 1 aromatic carbocycles. The third kappa shape index (κ3) is 4.45. The predicted molar refractivity (Wildman–Crippen MR) is 103 cm³/mol. The number of benzene rings is 1. The van der Waals surface area contributed by atoms with Gasteiger partial charge in [-0.1, -0.05) is 29.8 Å². The lowest BCUT2D eigenvalue weighted by Crippen LogP contribution is -2.09. The number of pyridine rings is 2. The van der Waals surface area contributed by atoms with Gasteiger partial charge in [0.15, 0.2) is 0 Å². The molecule has 0 saturated carbocycles. The highest BCUT2D eigenvalue weighted by atomic mass is 35.5. The number of nitrogens with zero attached hydrogens (tertiary/aromatic N) is 2. The number of nitrogen functional groups attached to an aromatic ring is 1. The van der Waals surface area contributed by atoms with Crippen LogP contribution in [0.1, 0.15) is 11.1 Å². The van der Waals surface area contributed by atoms with Crippen LogP contribution < -0.4 is 10.5 Å². The Morgan fingerprint density at radius 1 is 1.04 bits per heavy atom. The molecule has 0 unspecified atom stereocenters. The number of hydrogen-bond donors (Lipinski definition) is 2. The molecule has 3 aromatic rings. The first-order valence-electron chi connectivity index (χ1n) is 7.75. The normalized spacial score (nSPS) is 11.4. The molecule has 0 aliphatic rings. The number of alkyl halides is 3. The van der Waals surface area contributed by atoms with Crippen LogP contribution in [0, 0.1) is 6.92 Å². The lowest BCUT2D eigenvalue weighted by molar-refractivity contribution is -0.137. The van der Waals surface area contributed by atoms with Crippen LogP contribution in [-0.2, 0) is 6.18 Å². The minimum Gasteiger partial charge on any atom is -0.384 e.